The molecule has 1 N–H and O–H groups in total. The van der Waals surface area contributed by atoms with Crippen LogP contribution < -0.4 is 10.9 Å². The Hall–Kier alpha value is -2.93. The average molecular weight is 409 g/mol. The van der Waals surface area contributed by atoms with E-state index in [4.69, 9.17) is 4.74 Å². The Morgan fingerprint density at radius 3 is 2.57 bits per heavy atom. The summed E-state index contributed by atoms with van der Waals surface area (Å²) in [6, 6.07) is 9.45. The standard InChI is InChI=1S/C23H28N4O3/c1-30-14-13-26-15-19(22(28)24-17-9-5-2-3-6-10-17)21-20(16-26)23(29)27(25-21)18-11-7-4-8-12-18/h4,7-8,11-12,15-17H,2-3,5-6,9-10,13-14H2,1H3,(H,24,28). The summed E-state index contributed by atoms with van der Waals surface area (Å²) < 4.78 is 8.39. The zero-order valence-corrected chi connectivity index (χ0v) is 17.3. The van der Waals surface area contributed by atoms with E-state index in [9.17, 15) is 9.59 Å². The Morgan fingerprint density at radius 2 is 1.87 bits per heavy atom. The van der Waals surface area contributed by atoms with Gasteiger partial charge in [0, 0.05) is 32.1 Å². The first kappa shape index (κ1) is 20.3. The van der Waals surface area contributed by atoms with Crippen LogP contribution in [-0.2, 0) is 11.3 Å². The average Bonchev–Trinajstić information content (AvgIpc) is 2.93. The molecular weight excluding hydrogens is 380 g/mol. The molecule has 2 heterocycles. The van der Waals surface area contributed by atoms with E-state index in [2.05, 4.69) is 10.4 Å². The van der Waals surface area contributed by atoms with Gasteiger partial charge >= 0.3 is 0 Å². The maximum atomic E-state index is 13.2. The van der Waals surface area contributed by atoms with Crippen molar-refractivity contribution in [2.75, 3.05) is 13.7 Å². The Kier molecular flexibility index (Phi) is 6.28. The van der Waals surface area contributed by atoms with Crippen LogP contribution in [-0.4, -0.2) is 40.0 Å². The third-order valence-electron chi connectivity index (χ3n) is 5.71. The lowest BCUT2D eigenvalue weighted by molar-refractivity contribution is 0.0932. The van der Waals surface area contributed by atoms with Crippen LogP contribution in [0.4, 0.5) is 0 Å². The lowest BCUT2D eigenvalue weighted by atomic mass is 10.1. The molecular formula is C23H28N4O3. The van der Waals surface area contributed by atoms with Gasteiger partial charge in [-0.15, -0.1) is 0 Å². The summed E-state index contributed by atoms with van der Waals surface area (Å²) in [6.07, 6.45) is 10.2. The van der Waals surface area contributed by atoms with Gasteiger partial charge in [0.2, 0.25) is 0 Å². The van der Waals surface area contributed by atoms with E-state index in [1.165, 1.54) is 17.5 Å². The first-order valence-corrected chi connectivity index (χ1v) is 10.7. The number of para-hydroxylation sites is 1. The normalized spacial score (nSPS) is 15.2. The molecule has 1 aliphatic carbocycles. The van der Waals surface area contributed by atoms with E-state index in [1.54, 1.807) is 19.5 Å². The third kappa shape index (κ3) is 4.31. The fourth-order valence-corrected chi connectivity index (χ4v) is 4.08. The minimum absolute atomic E-state index is 0.170. The SMILES string of the molecule is COCCn1cc(C(=O)NC2CCCCCC2)c2nn(-c3ccccc3)c(=O)c-2c1. The molecule has 0 bridgehead atoms. The number of pyridine rings is 1. The van der Waals surface area contributed by atoms with Gasteiger partial charge in [0.1, 0.15) is 5.69 Å². The summed E-state index contributed by atoms with van der Waals surface area (Å²) in [6.45, 7) is 1.03. The van der Waals surface area contributed by atoms with Gasteiger partial charge in [-0.25, -0.2) is 0 Å². The molecule has 1 aromatic carbocycles. The highest BCUT2D eigenvalue weighted by Crippen LogP contribution is 2.24. The number of aromatic nitrogens is 3. The third-order valence-corrected chi connectivity index (χ3v) is 5.71. The largest absolute Gasteiger partial charge is 0.383 e. The quantitative estimate of drug-likeness (QED) is 0.635. The van der Waals surface area contributed by atoms with Gasteiger partial charge in [-0.2, -0.15) is 9.78 Å². The molecule has 158 valence electrons. The van der Waals surface area contributed by atoms with Crippen LogP contribution in [0.3, 0.4) is 0 Å². The fraction of sp³-hybridized carbons (Fsp3) is 0.435. The zero-order chi connectivity index (χ0) is 20.9. The monoisotopic (exact) mass is 408 g/mol. The Balaban J connectivity index is 1.74. The van der Waals surface area contributed by atoms with Crippen molar-refractivity contribution in [2.24, 2.45) is 0 Å². The van der Waals surface area contributed by atoms with Gasteiger partial charge in [0.25, 0.3) is 11.5 Å². The topological polar surface area (TPSA) is 78.2 Å². The van der Waals surface area contributed by atoms with Crippen molar-refractivity contribution in [1.29, 1.82) is 0 Å². The molecule has 2 aliphatic heterocycles. The van der Waals surface area contributed by atoms with Crippen LogP contribution in [0, 0.1) is 0 Å². The Morgan fingerprint density at radius 1 is 1.13 bits per heavy atom. The van der Waals surface area contributed by atoms with Crippen molar-refractivity contribution in [3.05, 3.63) is 58.6 Å². The second-order valence-electron chi connectivity index (χ2n) is 7.88. The van der Waals surface area contributed by atoms with Gasteiger partial charge < -0.3 is 14.6 Å². The van der Waals surface area contributed by atoms with Gasteiger partial charge in [0.15, 0.2) is 0 Å². The molecule has 0 unspecified atom stereocenters. The Bertz CT molecular complexity index is 1020. The van der Waals surface area contributed by atoms with Crippen LogP contribution in [0.15, 0.2) is 47.5 Å². The number of carbonyl (C=O) groups excluding carboxylic acids is 1. The van der Waals surface area contributed by atoms with E-state index < -0.39 is 0 Å². The van der Waals surface area contributed by atoms with Crippen LogP contribution in [0.25, 0.3) is 16.9 Å². The minimum atomic E-state index is -0.230. The number of hydrogen-bond donors (Lipinski definition) is 1. The molecule has 3 aliphatic rings. The molecule has 7 nitrogen and oxygen atoms in total. The molecule has 1 amide bonds. The fourth-order valence-electron chi connectivity index (χ4n) is 4.08. The zero-order valence-electron chi connectivity index (χ0n) is 17.3. The maximum Gasteiger partial charge on any atom is 0.282 e. The van der Waals surface area contributed by atoms with Crippen LogP contribution in [0.5, 0.6) is 0 Å². The number of benzene rings is 1. The summed E-state index contributed by atoms with van der Waals surface area (Å²) >= 11 is 0. The summed E-state index contributed by atoms with van der Waals surface area (Å²) in [4.78, 5) is 26.3. The van der Waals surface area contributed by atoms with Gasteiger partial charge in [-0.3, -0.25) is 9.59 Å². The van der Waals surface area contributed by atoms with Crippen molar-refractivity contribution in [1.82, 2.24) is 19.7 Å². The van der Waals surface area contributed by atoms with Crippen LogP contribution in [0.2, 0.25) is 0 Å². The summed E-state index contributed by atoms with van der Waals surface area (Å²) in [5, 5.41) is 7.72. The van der Waals surface area contributed by atoms with Crippen LogP contribution >= 0.6 is 0 Å². The van der Waals surface area contributed by atoms with Crippen molar-refractivity contribution < 1.29 is 9.53 Å². The smallest absolute Gasteiger partial charge is 0.282 e. The van der Waals surface area contributed by atoms with Crippen LogP contribution in [0.1, 0.15) is 48.9 Å². The van der Waals surface area contributed by atoms with E-state index in [1.807, 2.05) is 34.9 Å². The highest BCUT2D eigenvalue weighted by molar-refractivity contribution is 6.00. The van der Waals surface area contributed by atoms with Crippen molar-refractivity contribution in [3.8, 4) is 16.9 Å². The van der Waals surface area contributed by atoms with Gasteiger partial charge in [-0.05, 0) is 25.0 Å². The van der Waals surface area contributed by atoms with Crippen molar-refractivity contribution in [2.45, 2.75) is 51.1 Å². The number of rotatable bonds is 6. The van der Waals surface area contributed by atoms with Gasteiger partial charge in [0.05, 0.1) is 23.4 Å². The molecule has 1 saturated carbocycles. The molecule has 1 aromatic rings. The molecule has 0 atom stereocenters. The van der Waals surface area contributed by atoms with E-state index in [0.717, 1.165) is 25.7 Å². The number of ether oxygens (including phenoxy) is 1. The molecule has 7 heteroatoms. The summed E-state index contributed by atoms with van der Waals surface area (Å²) in [5.41, 5.74) is 1.75. The Labute approximate surface area is 176 Å². The first-order valence-electron chi connectivity index (χ1n) is 10.7. The number of nitrogens with zero attached hydrogens (tertiary/aromatic N) is 3. The molecule has 4 rings (SSSR count). The number of hydrogen-bond acceptors (Lipinski definition) is 4. The molecule has 0 saturated heterocycles. The number of nitrogens with one attached hydrogen (secondary N) is 1. The van der Waals surface area contributed by atoms with Gasteiger partial charge in [-0.1, -0.05) is 43.9 Å². The van der Waals surface area contributed by atoms with Crippen molar-refractivity contribution in [3.63, 3.8) is 0 Å². The number of carbonyl (C=O) groups is 1. The molecule has 30 heavy (non-hydrogen) atoms. The highest BCUT2D eigenvalue weighted by Gasteiger charge is 2.26. The molecule has 1 fully saturated rings. The predicted octanol–water partition coefficient (Wildman–Crippen LogP) is 3.24. The van der Waals surface area contributed by atoms with E-state index in [-0.39, 0.29) is 17.5 Å². The summed E-state index contributed by atoms with van der Waals surface area (Å²) in [5.74, 6) is -0.170. The summed E-state index contributed by atoms with van der Waals surface area (Å²) in [7, 11) is 1.63. The predicted molar refractivity (Wildman–Crippen MR) is 115 cm³/mol. The highest BCUT2D eigenvalue weighted by atomic mass is 16.5. The van der Waals surface area contributed by atoms with E-state index in [0.29, 0.717) is 35.7 Å². The van der Waals surface area contributed by atoms with E-state index >= 15 is 0 Å². The second kappa shape index (κ2) is 9.26. The molecule has 0 radical (unpaired) electrons. The number of amides is 1. The lowest BCUT2D eigenvalue weighted by Crippen LogP contribution is -2.35. The molecule has 0 aromatic heterocycles. The second-order valence-corrected chi connectivity index (χ2v) is 7.88. The first-order chi connectivity index (χ1) is 14.7. The molecule has 0 spiro atoms. The minimum Gasteiger partial charge on any atom is -0.383 e. The lowest BCUT2D eigenvalue weighted by Gasteiger charge is -2.18. The maximum absolute atomic E-state index is 13.2. The number of methoxy groups -OCH3 is 1. The van der Waals surface area contributed by atoms with Crippen molar-refractivity contribution >= 4 is 5.91 Å². The number of fused-ring (bicyclic) bond motifs is 1.